The van der Waals surface area contributed by atoms with Gasteiger partial charge in [0.2, 0.25) is 0 Å². The molecule has 0 aromatic heterocycles. The fraction of sp³-hybridized carbons (Fsp3) is 0.533. The number of amides is 2. The zero-order valence-electron chi connectivity index (χ0n) is 11.6. The first-order valence-electron chi connectivity index (χ1n) is 7.01. The second kappa shape index (κ2) is 6.57. The van der Waals surface area contributed by atoms with Crippen molar-refractivity contribution >= 4 is 11.7 Å². The van der Waals surface area contributed by atoms with Crippen LogP contribution in [0.5, 0.6) is 0 Å². The first kappa shape index (κ1) is 13.9. The summed E-state index contributed by atoms with van der Waals surface area (Å²) in [7, 11) is 0. The summed E-state index contributed by atoms with van der Waals surface area (Å²) in [5, 5.41) is 2.97. The van der Waals surface area contributed by atoms with E-state index in [-0.39, 0.29) is 6.03 Å². The number of likely N-dealkylation sites (tertiary alicyclic amines) is 1. The topological polar surface area (TPSA) is 58.4 Å². The van der Waals surface area contributed by atoms with E-state index in [2.05, 4.69) is 5.32 Å². The third kappa shape index (κ3) is 3.96. The van der Waals surface area contributed by atoms with Gasteiger partial charge in [0, 0.05) is 18.8 Å². The number of hydrogen-bond donors (Lipinski definition) is 2. The van der Waals surface area contributed by atoms with Crippen LogP contribution in [-0.2, 0) is 0 Å². The Labute approximate surface area is 115 Å². The minimum Gasteiger partial charge on any atom is -0.330 e. The average Bonchev–Trinajstić information content (AvgIpc) is 2.39. The van der Waals surface area contributed by atoms with Crippen LogP contribution in [0.1, 0.15) is 24.8 Å². The smallest absolute Gasteiger partial charge is 0.321 e. The Bertz CT molecular complexity index is 431. The minimum atomic E-state index is 0.00678. The van der Waals surface area contributed by atoms with Gasteiger partial charge in [-0.15, -0.1) is 0 Å². The van der Waals surface area contributed by atoms with Gasteiger partial charge in [-0.25, -0.2) is 4.79 Å². The third-order valence-electron chi connectivity index (χ3n) is 3.65. The molecule has 1 fully saturated rings. The molecular formula is C15H23N3O. The highest BCUT2D eigenvalue weighted by molar-refractivity contribution is 5.89. The predicted octanol–water partition coefficient (Wildman–Crippen LogP) is 2.59. The van der Waals surface area contributed by atoms with Crippen molar-refractivity contribution in [2.75, 3.05) is 25.0 Å². The lowest BCUT2D eigenvalue weighted by molar-refractivity contribution is 0.175. The van der Waals surface area contributed by atoms with Crippen molar-refractivity contribution in [3.05, 3.63) is 29.8 Å². The SMILES string of the molecule is Cc1cccc(NC(=O)N2CCCC(CCN)C2)c1. The maximum atomic E-state index is 12.2. The van der Waals surface area contributed by atoms with Crippen molar-refractivity contribution in [1.82, 2.24) is 4.90 Å². The Morgan fingerprint density at radius 2 is 2.37 bits per heavy atom. The summed E-state index contributed by atoms with van der Waals surface area (Å²) in [6.45, 7) is 4.40. The molecule has 1 heterocycles. The second-order valence-electron chi connectivity index (χ2n) is 5.33. The molecule has 0 saturated carbocycles. The monoisotopic (exact) mass is 261 g/mol. The summed E-state index contributed by atoms with van der Waals surface area (Å²) in [5.41, 5.74) is 7.62. The molecule has 0 bridgehead atoms. The lowest BCUT2D eigenvalue weighted by Gasteiger charge is -2.32. The fourth-order valence-electron chi connectivity index (χ4n) is 2.65. The zero-order valence-corrected chi connectivity index (χ0v) is 11.6. The van der Waals surface area contributed by atoms with Crippen LogP contribution < -0.4 is 11.1 Å². The number of nitrogens with one attached hydrogen (secondary N) is 1. The lowest BCUT2D eigenvalue weighted by Crippen LogP contribution is -2.42. The van der Waals surface area contributed by atoms with E-state index >= 15 is 0 Å². The summed E-state index contributed by atoms with van der Waals surface area (Å²) >= 11 is 0. The molecular weight excluding hydrogens is 238 g/mol. The highest BCUT2D eigenvalue weighted by Crippen LogP contribution is 2.20. The molecule has 4 nitrogen and oxygen atoms in total. The van der Waals surface area contributed by atoms with Crippen LogP contribution in [0.4, 0.5) is 10.5 Å². The molecule has 1 aromatic carbocycles. The highest BCUT2D eigenvalue weighted by atomic mass is 16.2. The van der Waals surface area contributed by atoms with Gasteiger partial charge >= 0.3 is 6.03 Å². The molecule has 1 unspecified atom stereocenters. The van der Waals surface area contributed by atoms with Gasteiger partial charge in [0.15, 0.2) is 0 Å². The summed E-state index contributed by atoms with van der Waals surface area (Å²) in [6, 6.07) is 7.89. The predicted molar refractivity (Wildman–Crippen MR) is 78.2 cm³/mol. The van der Waals surface area contributed by atoms with E-state index in [1.807, 2.05) is 36.1 Å². The number of nitrogens with two attached hydrogens (primary N) is 1. The second-order valence-corrected chi connectivity index (χ2v) is 5.33. The van der Waals surface area contributed by atoms with E-state index < -0.39 is 0 Å². The number of nitrogens with zero attached hydrogens (tertiary/aromatic N) is 1. The minimum absolute atomic E-state index is 0.00678. The van der Waals surface area contributed by atoms with E-state index in [0.29, 0.717) is 12.5 Å². The molecule has 2 amide bonds. The number of benzene rings is 1. The molecule has 1 aliphatic rings. The first-order valence-corrected chi connectivity index (χ1v) is 7.01. The fourth-order valence-corrected chi connectivity index (χ4v) is 2.65. The van der Waals surface area contributed by atoms with Gasteiger partial charge in [0.05, 0.1) is 0 Å². The number of carbonyl (C=O) groups is 1. The van der Waals surface area contributed by atoms with Crippen LogP contribution >= 0.6 is 0 Å². The van der Waals surface area contributed by atoms with Gasteiger partial charge in [-0.1, -0.05) is 12.1 Å². The molecule has 104 valence electrons. The number of urea groups is 1. The zero-order chi connectivity index (χ0) is 13.7. The maximum absolute atomic E-state index is 12.2. The van der Waals surface area contributed by atoms with Crippen molar-refractivity contribution in [2.24, 2.45) is 11.7 Å². The molecule has 1 saturated heterocycles. The van der Waals surface area contributed by atoms with Gasteiger partial charge in [0.25, 0.3) is 0 Å². The Morgan fingerprint density at radius 3 is 3.11 bits per heavy atom. The van der Waals surface area contributed by atoms with Crippen LogP contribution in [0.15, 0.2) is 24.3 Å². The molecule has 1 atom stereocenters. The number of carbonyl (C=O) groups excluding carboxylic acids is 1. The van der Waals surface area contributed by atoms with E-state index in [1.54, 1.807) is 0 Å². The Morgan fingerprint density at radius 1 is 1.53 bits per heavy atom. The summed E-state index contributed by atoms with van der Waals surface area (Å²) in [4.78, 5) is 14.1. The molecule has 1 aromatic rings. The average molecular weight is 261 g/mol. The van der Waals surface area contributed by atoms with Crippen LogP contribution in [0.3, 0.4) is 0 Å². The van der Waals surface area contributed by atoms with Crippen LogP contribution in [-0.4, -0.2) is 30.6 Å². The Balaban J connectivity index is 1.92. The van der Waals surface area contributed by atoms with Crippen LogP contribution in [0.25, 0.3) is 0 Å². The third-order valence-corrected chi connectivity index (χ3v) is 3.65. The summed E-state index contributed by atoms with van der Waals surface area (Å²) in [5.74, 6) is 0.557. The van der Waals surface area contributed by atoms with Gasteiger partial charge in [0.1, 0.15) is 0 Å². The number of piperidine rings is 1. The molecule has 1 aliphatic heterocycles. The standard InChI is InChI=1S/C15H23N3O/c1-12-4-2-6-14(10-12)17-15(19)18-9-3-5-13(11-18)7-8-16/h2,4,6,10,13H,3,5,7-9,11,16H2,1H3,(H,17,19). The number of hydrogen-bond acceptors (Lipinski definition) is 2. The van der Waals surface area contributed by atoms with Gasteiger partial charge < -0.3 is 16.0 Å². The van der Waals surface area contributed by atoms with E-state index in [0.717, 1.165) is 37.2 Å². The maximum Gasteiger partial charge on any atom is 0.321 e. The van der Waals surface area contributed by atoms with Crippen LogP contribution in [0, 0.1) is 12.8 Å². The van der Waals surface area contributed by atoms with Gasteiger partial charge in [-0.2, -0.15) is 0 Å². The molecule has 2 rings (SSSR count). The normalized spacial score (nSPS) is 19.3. The molecule has 0 radical (unpaired) electrons. The molecule has 4 heteroatoms. The van der Waals surface area contributed by atoms with E-state index in [4.69, 9.17) is 5.73 Å². The van der Waals surface area contributed by atoms with E-state index in [9.17, 15) is 4.79 Å². The van der Waals surface area contributed by atoms with Crippen molar-refractivity contribution in [3.63, 3.8) is 0 Å². The Kier molecular flexibility index (Phi) is 4.80. The first-order chi connectivity index (χ1) is 9.19. The number of aryl methyl sites for hydroxylation is 1. The van der Waals surface area contributed by atoms with Crippen molar-refractivity contribution in [3.8, 4) is 0 Å². The lowest BCUT2D eigenvalue weighted by atomic mass is 9.95. The molecule has 0 aliphatic carbocycles. The van der Waals surface area contributed by atoms with Gasteiger partial charge in [-0.3, -0.25) is 0 Å². The molecule has 3 N–H and O–H groups in total. The highest BCUT2D eigenvalue weighted by Gasteiger charge is 2.23. The van der Waals surface area contributed by atoms with Crippen molar-refractivity contribution in [1.29, 1.82) is 0 Å². The summed E-state index contributed by atoms with van der Waals surface area (Å²) in [6.07, 6.45) is 3.27. The summed E-state index contributed by atoms with van der Waals surface area (Å²) < 4.78 is 0. The van der Waals surface area contributed by atoms with E-state index in [1.165, 1.54) is 6.42 Å². The van der Waals surface area contributed by atoms with Crippen LogP contribution in [0.2, 0.25) is 0 Å². The Hall–Kier alpha value is -1.55. The van der Waals surface area contributed by atoms with Gasteiger partial charge in [-0.05, 0) is 56.3 Å². The quantitative estimate of drug-likeness (QED) is 0.878. The largest absolute Gasteiger partial charge is 0.330 e. The van der Waals surface area contributed by atoms with Crippen molar-refractivity contribution in [2.45, 2.75) is 26.2 Å². The molecule has 0 spiro atoms. The number of anilines is 1. The van der Waals surface area contributed by atoms with Crippen molar-refractivity contribution < 1.29 is 4.79 Å². The number of rotatable bonds is 3. The molecule has 19 heavy (non-hydrogen) atoms.